The van der Waals surface area contributed by atoms with Gasteiger partial charge in [-0.15, -0.1) is 10.2 Å². The lowest BCUT2D eigenvalue weighted by Gasteiger charge is -2.23. The lowest BCUT2D eigenvalue weighted by atomic mass is 9.95. The van der Waals surface area contributed by atoms with Gasteiger partial charge in [0.1, 0.15) is 17.3 Å². The van der Waals surface area contributed by atoms with Gasteiger partial charge in [-0.05, 0) is 66.8 Å². The first-order valence-corrected chi connectivity index (χ1v) is 15.9. The first kappa shape index (κ1) is 30.3. The van der Waals surface area contributed by atoms with E-state index >= 15 is 0 Å². The molecule has 0 spiro atoms. The molecular weight excluding hydrogens is 583 g/mol. The zero-order valence-electron chi connectivity index (χ0n) is 24.2. The Labute approximate surface area is 259 Å². The predicted molar refractivity (Wildman–Crippen MR) is 170 cm³/mol. The van der Waals surface area contributed by atoms with Crippen LogP contribution in [0, 0.1) is 5.92 Å². The van der Waals surface area contributed by atoms with Crippen LogP contribution in [0.5, 0.6) is 11.5 Å². The normalized spacial score (nSPS) is 16.2. The van der Waals surface area contributed by atoms with Crippen molar-refractivity contribution in [1.29, 1.82) is 0 Å². The number of aliphatic hydroxyl groups excluding tert-OH is 1. The topological polar surface area (TPSA) is 102 Å². The minimum absolute atomic E-state index is 0.0258. The van der Waals surface area contributed by atoms with E-state index in [0.29, 0.717) is 51.9 Å². The number of carbonyl (C=O) groups excluding carboxylic acids is 2. The fraction of sp³-hybridized carbons (Fsp3) is 0.273. The Balaban J connectivity index is 1.53. The minimum atomic E-state index is -0.930. The summed E-state index contributed by atoms with van der Waals surface area (Å²) in [6.45, 7) is 7.17. The van der Waals surface area contributed by atoms with Crippen LogP contribution in [0.2, 0.25) is 0 Å². The highest BCUT2D eigenvalue weighted by molar-refractivity contribution is 8.00. The first-order chi connectivity index (χ1) is 20.9. The molecule has 1 fully saturated rings. The van der Waals surface area contributed by atoms with E-state index < -0.39 is 17.7 Å². The number of aliphatic hydroxyl groups is 1. The van der Waals surface area contributed by atoms with Crippen molar-refractivity contribution in [1.82, 2.24) is 10.2 Å². The monoisotopic (exact) mass is 615 g/mol. The number of nitrogens with zero attached hydrogens (tertiary/aromatic N) is 3. The molecule has 43 heavy (non-hydrogen) atoms. The Morgan fingerprint density at radius 2 is 1.74 bits per heavy atom. The van der Waals surface area contributed by atoms with E-state index in [-0.39, 0.29) is 16.5 Å². The summed E-state index contributed by atoms with van der Waals surface area (Å²) in [6.07, 6.45) is 0.884. The number of thioether (sulfide) groups is 1. The van der Waals surface area contributed by atoms with E-state index in [2.05, 4.69) is 24.0 Å². The lowest BCUT2D eigenvalue weighted by Crippen LogP contribution is -2.29. The van der Waals surface area contributed by atoms with Crippen LogP contribution in [0.3, 0.4) is 0 Å². The quantitative estimate of drug-likeness (QED) is 0.0583. The minimum Gasteiger partial charge on any atom is -0.507 e. The molecule has 1 N–H and O–H groups in total. The Bertz CT molecular complexity index is 1600. The summed E-state index contributed by atoms with van der Waals surface area (Å²) in [7, 11) is 0. The molecule has 5 rings (SSSR count). The molecule has 1 amide bonds. The van der Waals surface area contributed by atoms with E-state index in [1.54, 1.807) is 30.3 Å². The number of hydrogen-bond donors (Lipinski definition) is 1. The molecule has 1 saturated heterocycles. The summed E-state index contributed by atoms with van der Waals surface area (Å²) < 4.78 is 12.2. The van der Waals surface area contributed by atoms with Crippen molar-refractivity contribution in [2.45, 2.75) is 43.3 Å². The summed E-state index contributed by atoms with van der Waals surface area (Å²) in [5, 5.41) is 20.4. The zero-order valence-corrected chi connectivity index (χ0v) is 25.9. The van der Waals surface area contributed by atoms with E-state index in [0.717, 1.165) is 12.0 Å². The Morgan fingerprint density at radius 1 is 0.977 bits per heavy atom. The number of carbonyl (C=O) groups is 2. The fourth-order valence-corrected chi connectivity index (χ4v) is 6.46. The van der Waals surface area contributed by atoms with Gasteiger partial charge in [-0.2, -0.15) is 0 Å². The number of anilines is 1. The third kappa shape index (κ3) is 7.09. The Hall–Kier alpha value is -4.15. The van der Waals surface area contributed by atoms with Gasteiger partial charge in [0.2, 0.25) is 5.13 Å². The molecule has 1 aromatic heterocycles. The molecule has 1 atom stereocenters. The molecule has 8 nitrogen and oxygen atoms in total. The second-order valence-electron chi connectivity index (χ2n) is 10.4. The summed E-state index contributed by atoms with van der Waals surface area (Å²) in [5.41, 5.74) is 2.12. The molecular formula is C33H33N3O5S2. The maximum absolute atomic E-state index is 13.6. The van der Waals surface area contributed by atoms with E-state index in [1.807, 2.05) is 55.5 Å². The largest absolute Gasteiger partial charge is 0.507 e. The average molecular weight is 616 g/mol. The van der Waals surface area contributed by atoms with Crippen molar-refractivity contribution >= 4 is 45.7 Å². The molecule has 222 valence electrons. The van der Waals surface area contributed by atoms with Crippen LogP contribution in [0.4, 0.5) is 5.13 Å². The van der Waals surface area contributed by atoms with E-state index in [1.165, 1.54) is 28.0 Å². The van der Waals surface area contributed by atoms with Gasteiger partial charge in [0, 0.05) is 11.3 Å². The molecule has 0 saturated carbocycles. The van der Waals surface area contributed by atoms with E-state index in [4.69, 9.17) is 9.47 Å². The number of hydrogen-bond acceptors (Lipinski definition) is 9. The van der Waals surface area contributed by atoms with Crippen molar-refractivity contribution < 1.29 is 24.2 Å². The number of amides is 1. The van der Waals surface area contributed by atoms with Crippen molar-refractivity contribution in [3.8, 4) is 11.5 Å². The van der Waals surface area contributed by atoms with Gasteiger partial charge in [-0.3, -0.25) is 14.5 Å². The lowest BCUT2D eigenvalue weighted by molar-refractivity contribution is -0.132. The van der Waals surface area contributed by atoms with Crippen LogP contribution in [0.15, 0.2) is 88.8 Å². The predicted octanol–water partition coefficient (Wildman–Crippen LogP) is 7.28. The number of ether oxygens (including phenoxy) is 2. The highest BCUT2D eigenvalue weighted by atomic mass is 32.2. The van der Waals surface area contributed by atoms with E-state index in [9.17, 15) is 14.7 Å². The average Bonchev–Trinajstić information content (AvgIpc) is 3.58. The molecule has 2 heterocycles. The second-order valence-corrected chi connectivity index (χ2v) is 12.5. The molecule has 0 radical (unpaired) electrons. The first-order valence-electron chi connectivity index (χ1n) is 14.1. The molecule has 0 bridgehead atoms. The number of Topliss-reactive ketones (excluding diaryl/α,β-unsaturated/α-hetero) is 1. The molecule has 1 aliphatic rings. The molecule has 0 aliphatic carbocycles. The molecule has 1 unspecified atom stereocenters. The van der Waals surface area contributed by atoms with Crippen molar-refractivity contribution in [2.24, 2.45) is 5.92 Å². The summed E-state index contributed by atoms with van der Waals surface area (Å²) in [5.74, 6) is 0.568. The molecule has 10 heteroatoms. The number of rotatable bonds is 12. The molecule has 1 aliphatic heterocycles. The van der Waals surface area contributed by atoms with Gasteiger partial charge in [-0.25, -0.2) is 0 Å². The molecule has 4 aromatic rings. The van der Waals surface area contributed by atoms with Gasteiger partial charge in [0.15, 0.2) is 4.34 Å². The van der Waals surface area contributed by atoms with Gasteiger partial charge in [0.25, 0.3) is 5.78 Å². The van der Waals surface area contributed by atoms with Gasteiger partial charge in [-0.1, -0.05) is 79.4 Å². The van der Waals surface area contributed by atoms with Gasteiger partial charge >= 0.3 is 5.91 Å². The number of benzene rings is 3. The summed E-state index contributed by atoms with van der Waals surface area (Å²) in [6, 6.07) is 23.1. The Kier molecular flexibility index (Phi) is 9.79. The SMILES string of the molecule is CCOc1ccc(/C(O)=C2\C(=O)C(=O)N(c3nnc(SCc4ccccc4)s3)C2c2cccc(OCCC(C)C)c2)cc1. The third-order valence-corrected chi connectivity index (χ3v) is 8.95. The second kappa shape index (κ2) is 13.9. The van der Waals surface area contributed by atoms with Crippen molar-refractivity contribution in [2.75, 3.05) is 18.1 Å². The van der Waals surface area contributed by atoms with Crippen LogP contribution >= 0.6 is 23.1 Å². The molecule has 3 aromatic carbocycles. The van der Waals surface area contributed by atoms with Crippen LogP contribution in [-0.4, -0.2) is 40.2 Å². The maximum Gasteiger partial charge on any atom is 0.301 e. The fourth-order valence-electron chi connectivity index (χ4n) is 4.64. The van der Waals surface area contributed by atoms with Crippen LogP contribution < -0.4 is 14.4 Å². The van der Waals surface area contributed by atoms with Gasteiger partial charge in [0.05, 0.1) is 24.8 Å². The Morgan fingerprint density at radius 3 is 2.47 bits per heavy atom. The standard InChI is InChI=1S/C33H33N3O5S2/c1-4-40-25-15-13-23(14-16-25)29(37)27-28(24-11-8-12-26(19-24)41-18-17-21(2)3)36(31(39)30(27)38)32-34-35-33(43-32)42-20-22-9-6-5-7-10-22/h5-16,19,21,28,37H,4,17-18,20H2,1-3H3/b29-27+. The summed E-state index contributed by atoms with van der Waals surface area (Å²) in [4.78, 5) is 28.5. The van der Waals surface area contributed by atoms with Crippen molar-refractivity contribution in [3.05, 3.63) is 101 Å². The number of ketones is 1. The van der Waals surface area contributed by atoms with Crippen LogP contribution in [0.1, 0.15) is 49.9 Å². The van der Waals surface area contributed by atoms with Crippen LogP contribution in [0.25, 0.3) is 5.76 Å². The zero-order chi connectivity index (χ0) is 30.3. The third-order valence-electron chi connectivity index (χ3n) is 6.83. The van der Waals surface area contributed by atoms with Crippen molar-refractivity contribution in [3.63, 3.8) is 0 Å². The summed E-state index contributed by atoms with van der Waals surface area (Å²) >= 11 is 2.74. The highest BCUT2D eigenvalue weighted by Crippen LogP contribution is 2.44. The number of aromatic nitrogens is 2. The van der Waals surface area contributed by atoms with Gasteiger partial charge < -0.3 is 14.6 Å². The highest BCUT2D eigenvalue weighted by Gasteiger charge is 2.48. The smallest absolute Gasteiger partial charge is 0.301 e. The maximum atomic E-state index is 13.6. The van der Waals surface area contributed by atoms with Crippen LogP contribution in [-0.2, 0) is 15.3 Å².